The van der Waals surface area contributed by atoms with Crippen molar-refractivity contribution in [2.75, 3.05) is 6.54 Å². The fraction of sp³-hybridized carbons (Fsp3) is 0.383. The number of allylic oxidation sites excluding steroid dienone is 25. The third kappa shape index (κ3) is 8.67. The third-order valence-electron chi connectivity index (χ3n) is 11.5. The molecule has 2 unspecified atom stereocenters. The Kier molecular flexibility index (Phi) is 11.0. The highest BCUT2D eigenvalue weighted by atomic mass is 14.9. The predicted molar refractivity (Wildman–Crippen MR) is 212 cm³/mol. The molecule has 3 N–H and O–H groups in total. The van der Waals surface area contributed by atoms with Crippen molar-refractivity contribution in [3.63, 3.8) is 0 Å². The van der Waals surface area contributed by atoms with Crippen molar-refractivity contribution in [3.8, 4) is 0 Å². The Balaban J connectivity index is 1.03. The lowest BCUT2D eigenvalue weighted by molar-refractivity contribution is 0.330. The lowest BCUT2D eigenvalue weighted by Gasteiger charge is -2.35. The van der Waals surface area contributed by atoms with Crippen molar-refractivity contribution in [1.82, 2.24) is 10.6 Å². The SMILES string of the molecule is CC1(CN/C(=C\C(=N)C2=CC=C(C3=CC=CCC3)CC2)[C@H]2C=CC([C@H]3C=CC=CC3)=CC2)C=CC(C2=CCCC(NC3=CCCC=C3)=C2)CC1. The van der Waals surface area contributed by atoms with Crippen LogP contribution in [0.4, 0.5) is 0 Å². The Morgan fingerprint density at radius 3 is 2.46 bits per heavy atom. The minimum Gasteiger partial charge on any atom is -0.387 e. The number of nitrogens with one attached hydrogen (secondary N) is 3. The first-order valence-electron chi connectivity index (χ1n) is 19.3. The summed E-state index contributed by atoms with van der Waals surface area (Å²) in [7, 11) is 0. The summed E-state index contributed by atoms with van der Waals surface area (Å²) in [5.41, 5.74) is 11.4. The average molecular weight is 662 g/mol. The molecule has 0 fully saturated rings. The monoisotopic (exact) mass is 661 g/mol. The fourth-order valence-corrected chi connectivity index (χ4v) is 8.22. The van der Waals surface area contributed by atoms with Crippen LogP contribution in [0, 0.1) is 28.6 Å². The lowest BCUT2D eigenvalue weighted by atomic mass is 9.74. The van der Waals surface area contributed by atoms with Crippen molar-refractivity contribution in [2.45, 2.75) is 84.0 Å². The quantitative estimate of drug-likeness (QED) is 0.152. The second kappa shape index (κ2) is 16.1. The van der Waals surface area contributed by atoms with E-state index in [1.54, 1.807) is 0 Å². The van der Waals surface area contributed by atoms with Crippen LogP contribution in [-0.4, -0.2) is 12.3 Å². The van der Waals surface area contributed by atoms with Crippen molar-refractivity contribution < 1.29 is 0 Å². The van der Waals surface area contributed by atoms with Gasteiger partial charge in [-0.15, -0.1) is 0 Å². The van der Waals surface area contributed by atoms with Gasteiger partial charge in [-0.2, -0.15) is 0 Å². The molecule has 3 nitrogen and oxygen atoms in total. The van der Waals surface area contributed by atoms with Crippen molar-refractivity contribution >= 4 is 5.71 Å². The summed E-state index contributed by atoms with van der Waals surface area (Å²) >= 11 is 0. The average Bonchev–Trinajstić information content (AvgIpc) is 3.18. The molecular weight excluding hydrogens is 607 g/mol. The van der Waals surface area contributed by atoms with E-state index in [1.807, 2.05) is 0 Å². The van der Waals surface area contributed by atoms with E-state index in [0.717, 1.165) is 89.2 Å². The van der Waals surface area contributed by atoms with Crippen molar-refractivity contribution in [3.05, 3.63) is 166 Å². The molecule has 7 aliphatic rings. The Morgan fingerprint density at radius 1 is 0.800 bits per heavy atom. The molecule has 0 aliphatic heterocycles. The molecule has 0 saturated carbocycles. The van der Waals surface area contributed by atoms with Gasteiger partial charge in [0.05, 0.1) is 5.71 Å². The van der Waals surface area contributed by atoms with Gasteiger partial charge in [0.25, 0.3) is 0 Å². The van der Waals surface area contributed by atoms with E-state index in [9.17, 15) is 5.41 Å². The van der Waals surface area contributed by atoms with Gasteiger partial charge in [-0.3, -0.25) is 0 Å². The van der Waals surface area contributed by atoms with E-state index in [4.69, 9.17) is 0 Å². The minimum absolute atomic E-state index is 0.0675. The molecule has 50 heavy (non-hydrogen) atoms. The van der Waals surface area contributed by atoms with Gasteiger partial charge >= 0.3 is 0 Å². The van der Waals surface area contributed by atoms with E-state index in [2.05, 4.69) is 139 Å². The summed E-state index contributed by atoms with van der Waals surface area (Å²) in [5, 5.41) is 16.8. The summed E-state index contributed by atoms with van der Waals surface area (Å²) in [4.78, 5) is 0. The zero-order chi connectivity index (χ0) is 34.2. The molecule has 7 aliphatic carbocycles. The van der Waals surface area contributed by atoms with Gasteiger partial charge in [-0.1, -0.05) is 110 Å². The summed E-state index contributed by atoms with van der Waals surface area (Å²) in [6, 6.07) is 0. The highest BCUT2D eigenvalue weighted by molar-refractivity contribution is 6.07. The van der Waals surface area contributed by atoms with Crippen molar-refractivity contribution in [2.24, 2.45) is 23.2 Å². The van der Waals surface area contributed by atoms with Gasteiger partial charge in [0, 0.05) is 46.8 Å². The molecule has 0 heterocycles. The van der Waals surface area contributed by atoms with Crippen LogP contribution in [0.3, 0.4) is 0 Å². The number of hydrogen-bond acceptors (Lipinski definition) is 3. The summed E-state index contributed by atoms with van der Waals surface area (Å²) in [6.45, 7) is 3.28. The van der Waals surface area contributed by atoms with Crippen LogP contribution >= 0.6 is 0 Å². The molecule has 0 amide bonds. The largest absolute Gasteiger partial charge is 0.387 e. The molecule has 0 aromatic rings. The topological polar surface area (TPSA) is 47.9 Å². The third-order valence-corrected chi connectivity index (χ3v) is 11.5. The molecular formula is C47H55N3. The molecule has 3 heteroatoms. The summed E-state index contributed by atoms with van der Waals surface area (Å²) < 4.78 is 0. The van der Waals surface area contributed by atoms with Gasteiger partial charge in [-0.05, 0) is 123 Å². The van der Waals surface area contributed by atoms with E-state index >= 15 is 0 Å². The van der Waals surface area contributed by atoms with Crippen LogP contribution in [0.5, 0.6) is 0 Å². The van der Waals surface area contributed by atoms with Crippen molar-refractivity contribution in [1.29, 1.82) is 5.41 Å². The Bertz CT molecular complexity index is 1770. The maximum Gasteiger partial charge on any atom is 0.0589 e. The van der Waals surface area contributed by atoms with Crippen LogP contribution < -0.4 is 10.6 Å². The first kappa shape index (κ1) is 34.1. The normalized spacial score (nSPS) is 29.3. The van der Waals surface area contributed by atoms with E-state index in [1.165, 1.54) is 39.4 Å². The Morgan fingerprint density at radius 2 is 1.74 bits per heavy atom. The molecule has 4 atom stereocenters. The molecule has 0 aromatic carbocycles. The van der Waals surface area contributed by atoms with Gasteiger partial charge in [0.1, 0.15) is 0 Å². The van der Waals surface area contributed by atoms with E-state index < -0.39 is 0 Å². The van der Waals surface area contributed by atoms with E-state index in [-0.39, 0.29) is 11.3 Å². The molecule has 258 valence electrons. The van der Waals surface area contributed by atoms with Crippen LogP contribution in [0.2, 0.25) is 0 Å². The van der Waals surface area contributed by atoms with Crippen LogP contribution in [0.1, 0.15) is 84.0 Å². The zero-order valence-corrected chi connectivity index (χ0v) is 30.0. The maximum atomic E-state index is 9.22. The van der Waals surface area contributed by atoms with Crippen LogP contribution in [0.15, 0.2) is 166 Å². The minimum atomic E-state index is 0.0675. The summed E-state index contributed by atoms with van der Waals surface area (Å²) in [6.07, 6.45) is 59.0. The maximum absolute atomic E-state index is 9.22. The van der Waals surface area contributed by atoms with Gasteiger partial charge in [0.2, 0.25) is 0 Å². The smallest absolute Gasteiger partial charge is 0.0589 e. The lowest BCUT2D eigenvalue weighted by Crippen LogP contribution is -2.34. The second-order valence-corrected chi connectivity index (χ2v) is 15.3. The fourth-order valence-electron chi connectivity index (χ4n) is 8.22. The molecule has 0 radical (unpaired) electrons. The van der Waals surface area contributed by atoms with E-state index in [0.29, 0.717) is 17.5 Å². The first-order valence-corrected chi connectivity index (χ1v) is 19.3. The number of hydrogen-bond donors (Lipinski definition) is 3. The second-order valence-electron chi connectivity index (χ2n) is 15.3. The highest BCUT2D eigenvalue weighted by Gasteiger charge is 2.29. The summed E-state index contributed by atoms with van der Waals surface area (Å²) in [5.74, 6) is 1.20. The van der Waals surface area contributed by atoms with Gasteiger partial charge in [0.15, 0.2) is 0 Å². The first-order chi connectivity index (χ1) is 24.5. The molecule has 0 spiro atoms. The molecule has 7 rings (SSSR count). The highest BCUT2D eigenvalue weighted by Crippen LogP contribution is 2.38. The van der Waals surface area contributed by atoms with Crippen LogP contribution in [-0.2, 0) is 0 Å². The van der Waals surface area contributed by atoms with Gasteiger partial charge < -0.3 is 16.0 Å². The van der Waals surface area contributed by atoms with Crippen LogP contribution in [0.25, 0.3) is 0 Å². The number of rotatable bonds is 11. The Labute approximate surface area is 301 Å². The molecule has 0 saturated heterocycles. The van der Waals surface area contributed by atoms with Gasteiger partial charge in [-0.25, -0.2) is 0 Å². The Hall–Kier alpha value is -4.37. The molecule has 0 aromatic heterocycles. The predicted octanol–water partition coefficient (Wildman–Crippen LogP) is 11.4. The zero-order valence-electron chi connectivity index (χ0n) is 30.0. The molecule has 0 bridgehead atoms. The standard InChI is InChI=1S/C47H55N3/c1-47(30-28-39(29-31-47)42-16-11-19-44(32-42)50-43-17-9-4-10-18-43)34-49-46(41-26-22-38(23-27-41)36-14-7-3-8-15-36)33-45(48)40-24-20-37(21-25-40)35-12-5-2-6-13-35/h2-3,5,7-9,12,14,16-18,20,22-24,26,28,30,32-33,36,39,41,48-50H,4,6,10-11,13,15,19,21,25,27,29,31,34H2,1H3/b46-33-,48-45?/t36-,39?,41-,47?/m0/s1.